The van der Waals surface area contributed by atoms with Crippen LogP contribution in [0.25, 0.3) is 0 Å². The number of nitrogens with one attached hydrogen (secondary N) is 1. The van der Waals surface area contributed by atoms with Crippen molar-refractivity contribution in [2.24, 2.45) is 91.5 Å². The Morgan fingerprint density at radius 3 is 1.19 bits per heavy atom. The molecule has 0 spiro atoms. The summed E-state index contributed by atoms with van der Waals surface area (Å²) in [5.41, 5.74) is 4.98. The molecule has 12 rings (SSSR count). The van der Waals surface area contributed by atoms with E-state index in [4.69, 9.17) is 47.4 Å². The standard InChI is InChI=1S/2C23H31NO6.C21H27NO6/c1-22-8-6-14-21(27)30-17(13-7-9-29-12-13)11-23(14,2)19(22)18(25)16(24(3)4)10-15(22)20(26)28-5;1-5-24-16-10-15(20(26)28-4)22(2)8-6-14-21(27)30-17(13-7-9-29-12-13)11-23(14,3)19(22)18(16)25;1-20-6-4-12-19(25)28-15(11-5-7-27-10-11)9-21(12,2)17(20)16(23)14(22)8-13(20)18(24)26-3/h7,9,12,14-17,19H,6,8,10-11H2,1-5H3;7,9,12,14-17,19,24H,5-6,8,10-11H2,1-4H3;5,7,10,12-15,17H,4,6,8-9,22H2,1-3H3/t2*14-,15-,16+,17-,19?,22-,23-;12-,13-,14+,15-,17?,20-,21-/m000/s1. The number of likely N-dealkylation sites (N-methyl/N-ethyl adjacent to an activating group) is 2. The second kappa shape index (κ2) is 24.1. The average Bonchev–Trinajstić information content (AvgIpc) is 1.06. The topological polar surface area (TPSA) is 290 Å². The Hall–Kier alpha value is -6.45. The molecule has 0 radical (unpaired) electrons. The first kappa shape index (κ1) is 64.5. The predicted molar refractivity (Wildman–Crippen MR) is 312 cm³/mol. The number of carbonyl (C=O) groups excluding carboxylic acids is 9. The van der Waals surface area contributed by atoms with Crippen LogP contribution in [0.4, 0.5) is 0 Å². The van der Waals surface area contributed by atoms with Gasteiger partial charge in [0.25, 0.3) is 0 Å². The predicted octanol–water partition coefficient (Wildman–Crippen LogP) is 8.44. The van der Waals surface area contributed by atoms with Gasteiger partial charge in [-0.15, -0.1) is 0 Å². The normalized spacial score (nSPS) is 41.6. The van der Waals surface area contributed by atoms with Crippen molar-refractivity contribution in [1.82, 2.24) is 10.2 Å². The van der Waals surface area contributed by atoms with E-state index in [9.17, 15) is 43.2 Å². The molecule has 0 bridgehead atoms. The lowest BCUT2D eigenvalue weighted by atomic mass is 9.42. The molecule has 3 aromatic heterocycles. The highest BCUT2D eigenvalue weighted by Gasteiger charge is 2.71. The van der Waals surface area contributed by atoms with E-state index in [1.54, 1.807) is 49.5 Å². The number of ether oxygens (including phenoxy) is 6. The van der Waals surface area contributed by atoms with E-state index in [1.807, 2.05) is 67.5 Å². The summed E-state index contributed by atoms with van der Waals surface area (Å²) >= 11 is 0. The Balaban J connectivity index is 0.000000146. The van der Waals surface area contributed by atoms with Gasteiger partial charge in [0.1, 0.15) is 18.3 Å². The molecule has 3 aromatic rings. The molecular weight excluding hydrogens is 1130 g/mol. The zero-order valence-corrected chi connectivity index (χ0v) is 52.9. The minimum absolute atomic E-state index is 0.0597. The van der Waals surface area contributed by atoms with Crippen molar-refractivity contribution >= 4 is 53.2 Å². The minimum Gasteiger partial charge on any atom is -0.472 e. The van der Waals surface area contributed by atoms with E-state index >= 15 is 0 Å². The third-order valence-corrected chi connectivity index (χ3v) is 23.7. The number of Topliss-reactive ketones (excluding diaryl/α,β-unsaturated/α-hetero) is 3. The van der Waals surface area contributed by atoms with Gasteiger partial charge >= 0.3 is 35.8 Å². The van der Waals surface area contributed by atoms with Gasteiger partial charge in [-0.1, -0.05) is 48.5 Å². The molecule has 3 saturated heterocycles. The van der Waals surface area contributed by atoms with Crippen LogP contribution >= 0.6 is 0 Å². The average molecular weight is 1220 g/mol. The molecule has 6 saturated carbocycles. The number of carbonyl (C=O) groups is 9. The number of rotatable bonds is 9. The number of methoxy groups -OCH3 is 3. The van der Waals surface area contributed by atoms with E-state index in [0.29, 0.717) is 77.2 Å². The fourth-order valence-corrected chi connectivity index (χ4v) is 19.5. The van der Waals surface area contributed by atoms with Gasteiger partial charge < -0.3 is 52.7 Å². The summed E-state index contributed by atoms with van der Waals surface area (Å²) < 4.78 is 48.2. The maximum atomic E-state index is 13.9. The molecule has 88 heavy (non-hydrogen) atoms. The first-order chi connectivity index (χ1) is 41.6. The van der Waals surface area contributed by atoms with Gasteiger partial charge in [0, 0.05) is 34.4 Å². The maximum Gasteiger partial charge on any atom is 0.310 e. The molecular formula is C67H89N3O18. The van der Waals surface area contributed by atoms with Crippen molar-refractivity contribution in [3.05, 3.63) is 72.5 Å². The number of nitrogens with two attached hydrogens (primary N) is 1. The van der Waals surface area contributed by atoms with E-state index < -0.39 is 92.5 Å². The van der Waals surface area contributed by atoms with Gasteiger partial charge in [0.15, 0.2) is 17.3 Å². The summed E-state index contributed by atoms with van der Waals surface area (Å²) in [7, 11) is 7.90. The van der Waals surface area contributed by atoms with Crippen LogP contribution in [-0.2, 0) is 71.6 Å². The highest BCUT2D eigenvalue weighted by Crippen LogP contribution is 2.68. The van der Waals surface area contributed by atoms with E-state index in [-0.39, 0.29) is 89.3 Å². The molecule has 3 aliphatic heterocycles. The number of hydrogen-bond acceptors (Lipinski definition) is 21. The first-order valence-electron chi connectivity index (χ1n) is 31.3. The Morgan fingerprint density at radius 1 is 0.523 bits per heavy atom. The van der Waals surface area contributed by atoms with Crippen molar-refractivity contribution in [2.75, 3.05) is 42.0 Å². The second-order valence-electron chi connectivity index (χ2n) is 28.5. The Kier molecular flexibility index (Phi) is 17.6. The lowest BCUT2D eigenvalue weighted by Gasteiger charge is -2.61. The smallest absolute Gasteiger partial charge is 0.310 e. The number of furan rings is 3. The molecule has 21 atom stereocenters. The van der Waals surface area contributed by atoms with Gasteiger partial charge in [-0.2, -0.15) is 0 Å². The molecule has 21 nitrogen and oxygen atoms in total. The summed E-state index contributed by atoms with van der Waals surface area (Å²) in [5.74, 6) is -5.24. The number of fused-ring (bicyclic) bond motifs is 9. The van der Waals surface area contributed by atoms with Crippen molar-refractivity contribution in [3.8, 4) is 0 Å². The lowest BCUT2D eigenvalue weighted by molar-refractivity contribution is -0.206. The highest BCUT2D eigenvalue weighted by molar-refractivity contribution is 5.95. The van der Waals surface area contributed by atoms with Crippen LogP contribution in [-0.4, -0.2) is 118 Å². The Bertz CT molecular complexity index is 3140. The molecule has 0 amide bonds. The van der Waals surface area contributed by atoms with Crippen molar-refractivity contribution in [2.45, 2.75) is 162 Å². The van der Waals surface area contributed by atoms with Crippen LogP contribution in [0, 0.1) is 85.8 Å². The lowest BCUT2D eigenvalue weighted by Crippen LogP contribution is -2.66. The monoisotopic (exact) mass is 1220 g/mol. The fraction of sp³-hybridized carbons (Fsp3) is 0.687. The molecule has 21 heteroatoms. The first-order valence-corrected chi connectivity index (χ1v) is 31.3. The summed E-state index contributed by atoms with van der Waals surface area (Å²) in [6.45, 7) is 14.7. The van der Waals surface area contributed by atoms with Crippen LogP contribution in [0.2, 0.25) is 0 Å². The number of ketones is 3. The second-order valence-corrected chi connectivity index (χ2v) is 28.5. The summed E-state index contributed by atoms with van der Waals surface area (Å²) in [5, 5.41) is 3.27. The van der Waals surface area contributed by atoms with E-state index in [1.165, 1.54) is 27.6 Å². The molecule has 3 unspecified atom stereocenters. The largest absolute Gasteiger partial charge is 0.472 e. The minimum atomic E-state index is -0.733. The molecule has 9 fully saturated rings. The molecule has 9 aliphatic rings. The summed E-state index contributed by atoms with van der Waals surface area (Å²) in [6.07, 6.45) is 14.4. The number of cyclic esters (lactones) is 3. The van der Waals surface area contributed by atoms with Crippen molar-refractivity contribution in [3.63, 3.8) is 0 Å². The molecule has 6 heterocycles. The zero-order chi connectivity index (χ0) is 63.8. The van der Waals surface area contributed by atoms with Gasteiger partial charge in [0.05, 0.1) is 113 Å². The van der Waals surface area contributed by atoms with Gasteiger partial charge in [-0.3, -0.25) is 48.1 Å². The summed E-state index contributed by atoms with van der Waals surface area (Å²) in [6, 6.07) is 3.83. The van der Waals surface area contributed by atoms with Gasteiger partial charge in [0.2, 0.25) is 0 Å². The molecule has 3 N–H and O–H groups in total. The Labute approximate surface area is 514 Å². The summed E-state index contributed by atoms with van der Waals surface area (Å²) in [4.78, 5) is 120. The van der Waals surface area contributed by atoms with Crippen molar-refractivity contribution < 1.29 is 84.8 Å². The van der Waals surface area contributed by atoms with Crippen LogP contribution in [0.15, 0.2) is 69.0 Å². The van der Waals surface area contributed by atoms with E-state index in [2.05, 4.69) is 5.32 Å². The SMILES string of the molecule is CCN[C@@H]1C[C@@H](C(=O)OC)[C@]2(C)CC[C@H]3C(=O)O[C@H](c4ccoc4)C[C@]3(C)C2C1=O.COC(=O)[C@@H]1C[C@@H](N(C)C)C(=O)C2[C@@]1(C)CC[C@H]1C(=O)O[C@H](c3ccoc3)C[C@]21C.COC(=O)[C@@H]1C[C@@H](N)C(=O)C2[C@@]1(C)CC[C@H]1C(=O)O[C@H](c3ccoc3)C[C@]21C. The maximum absolute atomic E-state index is 13.9. The van der Waals surface area contributed by atoms with Gasteiger partial charge in [-0.25, -0.2) is 0 Å². The number of nitrogens with zero attached hydrogens (tertiary/aromatic N) is 1. The number of hydrogen-bond donors (Lipinski definition) is 2. The van der Waals surface area contributed by atoms with Gasteiger partial charge in [-0.05, 0) is 148 Å². The van der Waals surface area contributed by atoms with Crippen LogP contribution in [0.5, 0.6) is 0 Å². The van der Waals surface area contributed by atoms with Crippen LogP contribution in [0.3, 0.4) is 0 Å². The number of esters is 6. The highest BCUT2D eigenvalue weighted by atomic mass is 16.6. The zero-order valence-electron chi connectivity index (χ0n) is 52.9. The van der Waals surface area contributed by atoms with Crippen LogP contribution in [0.1, 0.15) is 161 Å². The molecule has 480 valence electrons. The van der Waals surface area contributed by atoms with E-state index in [0.717, 1.165) is 16.7 Å². The Morgan fingerprint density at radius 2 is 0.864 bits per heavy atom. The van der Waals surface area contributed by atoms with Crippen LogP contribution < -0.4 is 11.1 Å². The third kappa shape index (κ3) is 10.5. The fourth-order valence-electron chi connectivity index (χ4n) is 19.5. The third-order valence-electron chi connectivity index (χ3n) is 23.7. The van der Waals surface area contributed by atoms with Crippen molar-refractivity contribution in [1.29, 1.82) is 0 Å². The molecule has 6 aliphatic carbocycles. The molecule has 0 aromatic carbocycles. The quantitative estimate of drug-likeness (QED) is 0.150.